The fraction of sp³-hybridized carbons (Fsp3) is 0.0455. The topological polar surface area (TPSA) is 9.72 Å². The first-order chi connectivity index (χ1) is 66.7. The highest BCUT2D eigenvalue weighted by molar-refractivity contribution is 6.02. The van der Waals surface area contributed by atoms with Gasteiger partial charge >= 0.3 is 0 Å². The molecular weight excluding hydrogens is 1630 g/mol. The van der Waals surface area contributed by atoms with Crippen molar-refractivity contribution in [2.75, 3.05) is 14.7 Å². The highest BCUT2D eigenvalue weighted by atomic mass is 15.2. The standard InChI is InChI=1S/3C44H33N/c1-44(35-20-9-4-10-21-35)39-24-13-11-23-38(39)43-40(44)25-15-27-42(43)45(36-30-28-33(29-31-36)32-16-5-2-6-17-32)41-26-14-12-22-37(41)34-18-7-3-8-19-34;1-44(36-20-9-4-10-21-36)40-24-12-11-23-39(40)43-41(44)25-14-26-42(43)45(37-29-27-34(28-30-37)32-15-5-2-6-16-32)38-22-13-19-35(31-38)33-17-7-3-8-18-33;1-44(36-18-9-4-10-19-36)40-21-12-11-20-39(40)43-41(44)22-13-23-42(43)45(37-28-24-34(25-29-37)32-14-5-2-6-15-32)38-30-26-35(27-31-38)33-16-7-3-8-17-33/h3*2-31H,1H3. The number of rotatable bonds is 18. The lowest BCUT2D eigenvalue weighted by Gasteiger charge is -2.31. The van der Waals surface area contributed by atoms with Crippen LogP contribution in [0.15, 0.2) is 546 Å². The Balaban J connectivity index is 0.000000118. The normalized spacial score (nSPS) is 14.9. The lowest BCUT2D eigenvalue weighted by molar-refractivity contribution is 0.714. The van der Waals surface area contributed by atoms with Crippen molar-refractivity contribution in [1.29, 1.82) is 0 Å². The molecule has 0 heterocycles. The third-order valence-electron chi connectivity index (χ3n) is 28.1. The monoisotopic (exact) mass is 1730 g/mol. The van der Waals surface area contributed by atoms with E-state index in [1.54, 1.807) is 0 Å². The molecule has 3 aliphatic carbocycles. The molecule has 21 aromatic carbocycles. The van der Waals surface area contributed by atoms with Gasteiger partial charge in [-0.15, -0.1) is 0 Å². The summed E-state index contributed by atoms with van der Waals surface area (Å²) in [6, 6.07) is 198. The summed E-state index contributed by atoms with van der Waals surface area (Å²) in [5, 5.41) is 0. The maximum atomic E-state index is 2.46. The smallest absolute Gasteiger partial charge is 0.0543 e. The molecule has 642 valence electrons. The Hall–Kier alpha value is -17.0. The summed E-state index contributed by atoms with van der Waals surface area (Å²) >= 11 is 0. The van der Waals surface area contributed by atoms with Gasteiger partial charge in [0.05, 0.1) is 22.7 Å². The molecule has 3 atom stereocenters. The quantitative estimate of drug-likeness (QED) is 0.0848. The van der Waals surface area contributed by atoms with Crippen molar-refractivity contribution in [3.8, 4) is 100 Å². The van der Waals surface area contributed by atoms with Gasteiger partial charge in [0, 0.05) is 66.9 Å². The van der Waals surface area contributed by atoms with E-state index >= 15 is 0 Å². The summed E-state index contributed by atoms with van der Waals surface area (Å²) in [6.45, 7) is 7.14. The summed E-state index contributed by atoms with van der Waals surface area (Å²) in [5.41, 5.74) is 43.7. The van der Waals surface area contributed by atoms with Crippen molar-refractivity contribution < 1.29 is 0 Å². The van der Waals surface area contributed by atoms with Gasteiger partial charge in [0.1, 0.15) is 0 Å². The maximum absolute atomic E-state index is 2.46. The molecule has 0 saturated carbocycles. The van der Waals surface area contributed by atoms with Gasteiger partial charge in [-0.1, -0.05) is 461 Å². The van der Waals surface area contributed by atoms with Crippen LogP contribution >= 0.6 is 0 Å². The van der Waals surface area contributed by atoms with Crippen molar-refractivity contribution in [3.63, 3.8) is 0 Å². The number of nitrogens with zero attached hydrogens (tertiary/aromatic N) is 3. The van der Waals surface area contributed by atoms with Crippen LogP contribution in [0.25, 0.3) is 100 Å². The molecule has 3 heteroatoms. The molecule has 3 unspecified atom stereocenters. The Labute approximate surface area is 793 Å². The van der Waals surface area contributed by atoms with Crippen LogP contribution in [0.3, 0.4) is 0 Å². The van der Waals surface area contributed by atoms with Crippen LogP contribution < -0.4 is 14.7 Å². The van der Waals surface area contributed by atoms with Gasteiger partial charge < -0.3 is 14.7 Å². The van der Waals surface area contributed by atoms with Crippen LogP contribution in [0, 0.1) is 0 Å². The molecule has 0 spiro atoms. The predicted molar refractivity (Wildman–Crippen MR) is 568 cm³/mol. The maximum Gasteiger partial charge on any atom is 0.0543 e. The van der Waals surface area contributed by atoms with E-state index in [2.05, 4.69) is 581 Å². The third kappa shape index (κ3) is 15.4. The van der Waals surface area contributed by atoms with Gasteiger partial charge in [0.25, 0.3) is 0 Å². The minimum atomic E-state index is -0.273. The highest BCUT2D eigenvalue weighted by Crippen LogP contribution is 2.61. The fourth-order valence-electron chi connectivity index (χ4n) is 21.4. The zero-order valence-corrected chi connectivity index (χ0v) is 75.8. The summed E-state index contributed by atoms with van der Waals surface area (Å²) < 4.78 is 0. The first-order valence-corrected chi connectivity index (χ1v) is 46.9. The second-order valence-electron chi connectivity index (χ2n) is 35.7. The first-order valence-electron chi connectivity index (χ1n) is 46.9. The van der Waals surface area contributed by atoms with Crippen LogP contribution in [0.2, 0.25) is 0 Å². The van der Waals surface area contributed by atoms with Gasteiger partial charge in [0.15, 0.2) is 0 Å². The summed E-state index contributed by atoms with van der Waals surface area (Å²) in [6.07, 6.45) is 0. The lowest BCUT2D eigenvalue weighted by Crippen LogP contribution is -2.22. The van der Waals surface area contributed by atoms with E-state index < -0.39 is 0 Å². The van der Waals surface area contributed by atoms with Crippen molar-refractivity contribution in [3.05, 3.63) is 596 Å². The molecule has 0 saturated heterocycles. The van der Waals surface area contributed by atoms with Crippen molar-refractivity contribution in [2.45, 2.75) is 37.0 Å². The molecule has 0 aromatic heterocycles. The van der Waals surface area contributed by atoms with Crippen LogP contribution in [-0.2, 0) is 16.2 Å². The molecule has 0 fully saturated rings. The third-order valence-corrected chi connectivity index (χ3v) is 28.1. The Kier molecular flexibility index (Phi) is 22.5. The Bertz CT molecular complexity index is 7670. The average molecular weight is 1730 g/mol. The molecule has 0 amide bonds. The Morgan fingerprint density at radius 2 is 0.341 bits per heavy atom. The van der Waals surface area contributed by atoms with E-state index in [-0.39, 0.29) is 16.2 Å². The molecule has 0 bridgehead atoms. The molecule has 135 heavy (non-hydrogen) atoms. The number of hydrogen-bond acceptors (Lipinski definition) is 3. The van der Waals surface area contributed by atoms with E-state index in [1.165, 1.54) is 167 Å². The molecule has 0 radical (unpaired) electrons. The second kappa shape index (κ2) is 36.4. The van der Waals surface area contributed by atoms with Crippen LogP contribution in [-0.4, -0.2) is 0 Å². The number of benzene rings is 21. The Morgan fingerprint density at radius 1 is 0.133 bits per heavy atom. The van der Waals surface area contributed by atoms with E-state index in [0.29, 0.717) is 0 Å². The van der Waals surface area contributed by atoms with Crippen LogP contribution in [0.1, 0.15) is 70.8 Å². The van der Waals surface area contributed by atoms with Crippen molar-refractivity contribution >= 4 is 51.2 Å². The van der Waals surface area contributed by atoms with Gasteiger partial charge in [-0.3, -0.25) is 0 Å². The summed E-state index contributed by atoms with van der Waals surface area (Å²) in [4.78, 5) is 7.33. The predicted octanol–water partition coefficient (Wildman–Crippen LogP) is 35.5. The number of fused-ring (bicyclic) bond motifs is 9. The molecule has 21 aromatic rings. The zero-order chi connectivity index (χ0) is 90.7. The van der Waals surface area contributed by atoms with E-state index in [0.717, 1.165) is 34.1 Å². The van der Waals surface area contributed by atoms with E-state index in [4.69, 9.17) is 0 Å². The SMILES string of the molecule is CC1(c2ccccc2)c2ccccc2-c2c(N(c3ccc(-c4ccccc4)cc3)c3ccc(-c4ccccc4)cc3)cccc21.CC1(c2ccccc2)c2ccccc2-c2c(N(c3ccc(-c4ccccc4)cc3)c3cccc(-c4ccccc4)c3)cccc21.CC1(c2ccccc2)c2ccccc2-c2c(N(c3ccc(-c4ccccc4)cc3)c3ccccc3-c3ccccc3)cccc21. The van der Waals surface area contributed by atoms with E-state index in [9.17, 15) is 0 Å². The van der Waals surface area contributed by atoms with Crippen molar-refractivity contribution in [1.82, 2.24) is 0 Å². The number of anilines is 9. The molecular formula is C132H99N3. The molecule has 24 rings (SSSR count). The molecule has 3 nitrogen and oxygen atoms in total. The minimum Gasteiger partial charge on any atom is -0.310 e. The van der Waals surface area contributed by atoms with Gasteiger partial charge in [-0.25, -0.2) is 0 Å². The molecule has 0 N–H and O–H groups in total. The zero-order valence-electron chi connectivity index (χ0n) is 75.8. The Morgan fingerprint density at radius 3 is 0.659 bits per heavy atom. The highest BCUT2D eigenvalue weighted by Gasteiger charge is 2.46. The van der Waals surface area contributed by atoms with Crippen LogP contribution in [0.4, 0.5) is 51.2 Å². The minimum absolute atomic E-state index is 0.261. The number of hydrogen-bond donors (Lipinski definition) is 0. The fourth-order valence-corrected chi connectivity index (χ4v) is 21.4. The number of para-hydroxylation sites is 1. The summed E-state index contributed by atoms with van der Waals surface area (Å²) in [5.74, 6) is 0. The van der Waals surface area contributed by atoms with Gasteiger partial charge in [-0.05, 0) is 234 Å². The lowest BCUT2D eigenvalue weighted by atomic mass is 9.74. The van der Waals surface area contributed by atoms with Gasteiger partial charge in [0.2, 0.25) is 0 Å². The van der Waals surface area contributed by atoms with E-state index in [1.807, 2.05) is 0 Å². The molecule has 0 aliphatic heterocycles. The van der Waals surface area contributed by atoms with Crippen molar-refractivity contribution in [2.24, 2.45) is 0 Å². The largest absolute Gasteiger partial charge is 0.310 e. The first kappa shape index (κ1) is 83.6. The van der Waals surface area contributed by atoms with Gasteiger partial charge in [-0.2, -0.15) is 0 Å². The average Bonchev–Trinajstić information content (AvgIpc) is 1.55. The van der Waals surface area contributed by atoms with Crippen LogP contribution in [0.5, 0.6) is 0 Å². The summed E-state index contributed by atoms with van der Waals surface area (Å²) in [7, 11) is 0. The second-order valence-corrected chi connectivity index (χ2v) is 35.7. The molecule has 3 aliphatic rings.